The summed E-state index contributed by atoms with van der Waals surface area (Å²) in [7, 11) is 0. The minimum absolute atomic E-state index is 0.265. The van der Waals surface area contributed by atoms with Crippen LogP contribution in [0.2, 0.25) is 0 Å². The highest BCUT2D eigenvalue weighted by molar-refractivity contribution is 5.91. The third kappa shape index (κ3) is 13.5. The number of fused-ring (bicyclic) bond motifs is 1. The first-order chi connectivity index (χ1) is 25.6. The Morgan fingerprint density at radius 3 is 2.02 bits per heavy atom. The van der Waals surface area contributed by atoms with E-state index in [1.165, 1.54) is 44.9 Å². The average molecular weight is 739 g/mol. The molecule has 0 aliphatic heterocycles. The van der Waals surface area contributed by atoms with Crippen molar-refractivity contribution in [2.24, 2.45) is 5.92 Å². The first kappa shape index (κ1) is 41.9. The molecule has 3 aromatic rings. The number of carbonyl (C=O) groups excluding carboxylic acids is 2. The minimum Gasteiger partial charge on any atom is -0.494 e. The second-order valence-corrected chi connectivity index (χ2v) is 14.1. The van der Waals surface area contributed by atoms with Crippen LogP contribution in [0.3, 0.4) is 0 Å². The van der Waals surface area contributed by atoms with Crippen LogP contribution in [0.1, 0.15) is 132 Å². The quantitative estimate of drug-likeness (QED) is 0.0581. The fraction of sp³-hybridized carbons (Fsp3) is 0.545. The number of alkyl halides is 3. The zero-order chi connectivity index (χ0) is 38.1. The molecule has 0 saturated carbocycles. The molecule has 0 amide bonds. The molecular weight excluding hydrogens is 681 g/mol. The van der Waals surface area contributed by atoms with E-state index in [9.17, 15) is 22.8 Å². The van der Waals surface area contributed by atoms with Crippen molar-refractivity contribution in [2.75, 3.05) is 19.8 Å². The lowest BCUT2D eigenvalue weighted by molar-refractivity contribution is -0.225. The smallest absolute Gasteiger partial charge is 0.425 e. The van der Waals surface area contributed by atoms with Gasteiger partial charge in [0, 0.05) is 13.2 Å². The lowest BCUT2D eigenvalue weighted by Gasteiger charge is -2.31. The van der Waals surface area contributed by atoms with E-state index in [4.69, 9.17) is 18.9 Å². The van der Waals surface area contributed by atoms with Gasteiger partial charge >= 0.3 is 18.1 Å². The SMILES string of the molecule is CCCCCCCCCCOc1ccc(-c2ccc(C(=O)Oc3ccc4c(c3)CCC(C(=O)O[C@H](CCCCCOCC)C(F)(F)F)C4C)cc2)cc1. The maximum atomic E-state index is 13.7. The minimum atomic E-state index is -4.63. The molecule has 0 fully saturated rings. The predicted molar refractivity (Wildman–Crippen MR) is 203 cm³/mol. The molecule has 0 bridgehead atoms. The Labute approximate surface area is 313 Å². The van der Waals surface area contributed by atoms with Gasteiger partial charge in [-0.3, -0.25) is 4.79 Å². The molecule has 2 unspecified atom stereocenters. The van der Waals surface area contributed by atoms with Crippen LogP contribution in [0.25, 0.3) is 11.1 Å². The molecule has 3 atom stereocenters. The van der Waals surface area contributed by atoms with Crippen molar-refractivity contribution in [1.82, 2.24) is 0 Å². The zero-order valence-electron chi connectivity index (χ0n) is 31.7. The van der Waals surface area contributed by atoms with Gasteiger partial charge in [0.2, 0.25) is 0 Å². The number of halogens is 3. The molecule has 0 heterocycles. The Morgan fingerprint density at radius 2 is 1.36 bits per heavy atom. The van der Waals surface area contributed by atoms with Crippen LogP contribution in [-0.2, 0) is 20.7 Å². The molecule has 1 aliphatic rings. The monoisotopic (exact) mass is 738 g/mol. The molecule has 0 aromatic heterocycles. The molecule has 0 N–H and O–H groups in total. The van der Waals surface area contributed by atoms with Crippen LogP contribution in [0.5, 0.6) is 11.5 Å². The van der Waals surface area contributed by atoms with Crippen molar-refractivity contribution in [3.8, 4) is 22.6 Å². The summed E-state index contributed by atoms with van der Waals surface area (Å²) in [5.74, 6) is -1.15. The van der Waals surface area contributed by atoms with Crippen LogP contribution in [0.15, 0.2) is 66.7 Å². The maximum absolute atomic E-state index is 13.7. The molecule has 0 radical (unpaired) electrons. The normalized spacial score (nSPS) is 16.1. The lowest BCUT2D eigenvalue weighted by Crippen LogP contribution is -2.37. The number of benzene rings is 3. The number of aryl methyl sites for hydroxylation is 1. The largest absolute Gasteiger partial charge is 0.494 e. The number of hydrogen-bond acceptors (Lipinski definition) is 6. The Morgan fingerprint density at radius 1 is 0.755 bits per heavy atom. The summed E-state index contributed by atoms with van der Waals surface area (Å²) in [6, 6.07) is 20.4. The third-order valence-corrected chi connectivity index (χ3v) is 10.1. The Kier molecular flexibility index (Phi) is 17.2. The summed E-state index contributed by atoms with van der Waals surface area (Å²) in [5, 5.41) is 0. The summed E-state index contributed by atoms with van der Waals surface area (Å²) in [6.45, 7) is 7.72. The van der Waals surface area contributed by atoms with Crippen molar-refractivity contribution in [1.29, 1.82) is 0 Å². The molecule has 6 nitrogen and oxygen atoms in total. The first-order valence-electron chi connectivity index (χ1n) is 19.6. The van der Waals surface area contributed by atoms with Crippen LogP contribution in [-0.4, -0.2) is 44.0 Å². The van der Waals surface area contributed by atoms with Gasteiger partial charge in [-0.1, -0.05) is 95.5 Å². The van der Waals surface area contributed by atoms with Gasteiger partial charge in [0.15, 0.2) is 6.10 Å². The second-order valence-electron chi connectivity index (χ2n) is 14.1. The fourth-order valence-corrected chi connectivity index (χ4v) is 6.91. The lowest BCUT2D eigenvalue weighted by atomic mass is 9.76. The number of unbranched alkanes of at least 4 members (excludes halogenated alkanes) is 9. The number of hydrogen-bond donors (Lipinski definition) is 0. The molecule has 4 rings (SSSR count). The van der Waals surface area contributed by atoms with Crippen molar-refractivity contribution in [3.05, 3.63) is 83.4 Å². The summed E-state index contributed by atoms with van der Waals surface area (Å²) in [4.78, 5) is 26.1. The van der Waals surface area contributed by atoms with Gasteiger partial charge in [0.25, 0.3) is 0 Å². The summed E-state index contributed by atoms with van der Waals surface area (Å²) in [5.41, 5.74) is 4.12. The van der Waals surface area contributed by atoms with E-state index in [0.717, 1.165) is 34.4 Å². The van der Waals surface area contributed by atoms with Crippen LogP contribution >= 0.6 is 0 Å². The van der Waals surface area contributed by atoms with Crippen LogP contribution in [0.4, 0.5) is 13.2 Å². The fourth-order valence-electron chi connectivity index (χ4n) is 6.91. The number of carbonyl (C=O) groups is 2. The van der Waals surface area contributed by atoms with Crippen molar-refractivity contribution >= 4 is 11.9 Å². The molecule has 53 heavy (non-hydrogen) atoms. The van der Waals surface area contributed by atoms with Crippen molar-refractivity contribution < 1.29 is 41.7 Å². The van der Waals surface area contributed by atoms with Crippen LogP contribution < -0.4 is 9.47 Å². The molecule has 3 aromatic carbocycles. The number of esters is 2. The zero-order valence-corrected chi connectivity index (χ0v) is 31.7. The standard InChI is InChI=1S/C44H57F3O6/c1-4-6-7-8-9-10-11-15-30-51-37-24-21-34(22-25-37)33-17-19-35(20-18-33)42(48)52-38-26-28-39-32(3)40(27-23-36(39)31-38)43(49)53-41(44(45,46)47)16-13-12-14-29-50-5-2/h17-22,24-26,28,31-32,40-41H,4-16,23,27,29-30H2,1-3H3/t32?,40?,41-/m1/s1. The molecule has 9 heteroatoms. The Hall–Kier alpha value is -3.85. The topological polar surface area (TPSA) is 71.1 Å². The summed E-state index contributed by atoms with van der Waals surface area (Å²) < 4.78 is 63.2. The van der Waals surface area contributed by atoms with E-state index >= 15 is 0 Å². The van der Waals surface area contributed by atoms with Gasteiger partial charge in [-0.25, -0.2) is 4.79 Å². The van der Waals surface area contributed by atoms with E-state index in [0.29, 0.717) is 63.2 Å². The Balaban J connectivity index is 1.24. The van der Waals surface area contributed by atoms with Crippen molar-refractivity contribution in [2.45, 2.75) is 129 Å². The van der Waals surface area contributed by atoms with E-state index in [1.54, 1.807) is 30.3 Å². The first-order valence-corrected chi connectivity index (χ1v) is 19.6. The molecule has 290 valence electrons. The van der Waals surface area contributed by atoms with Gasteiger partial charge in [0.05, 0.1) is 18.1 Å². The second kappa shape index (κ2) is 21.8. The Bertz CT molecular complexity index is 1540. The average Bonchev–Trinajstić information content (AvgIpc) is 3.15. The predicted octanol–water partition coefficient (Wildman–Crippen LogP) is 11.8. The summed E-state index contributed by atoms with van der Waals surface area (Å²) >= 11 is 0. The van der Waals surface area contributed by atoms with Crippen LogP contribution in [0, 0.1) is 5.92 Å². The highest BCUT2D eigenvalue weighted by Crippen LogP contribution is 2.39. The van der Waals surface area contributed by atoms with E-state index < -0.39 is 30.1 Å². The summed E-state index contributed by atoms with van der Waals surface area (Å²) in [6.07, 6.45) is 5.40. The molecular formula is C44H57F3O6. The van der Waals surface area contributed by atoms with Gasteiger partial charge in [-0.05, 0) is 110 Å². The number of ether oxygens (including phenoxy) is 4. The molecule has 1 aliphatic carbocycles. The number of rotatable bonds is 22. The highest BCUT2D eigenvalue weighted by atomic mass is 19.4. The maximum Gasteiger partial charge on any atom is 0.425 e. The van der Waals surface area contributed by atoms with Gasteiger partial charge in [0.1, 0.15) is 11.5 Å². The van der Waals surface area contributed by atoms with Gasteiger partial charge in [-0.15, -0.1) is 0 Å². The van der Waals surface area contributed by atoms with Gasteiger partial charge < -0.3 is 18.9 Å². The third-order valence-electron chi connectivity index (χ3n) is 10.1. The van der Waals surface area contributed by atoms with Gasteiger partial charge in [-0.2, -0.15) is 13.2 Å². The van der Waals surface area contributed by atoms with E-state index in [2.05, 4.69) is 6.92 Å². The van der Waals surface area contributed by atoms with E-state index in [-0.39, 0.29) is 12.3 Å². The van der Waals surface area contributed by atoms with Crippen molar-refractivity contribution in [3.63, 3.8) is 0 Å². The molecule has 0 spiro atoms. The van der Waals surface area contributed by atoms with E-state index in [1.807, 2.05) is 50.2 Å². The molecule has 0 saturated heterocycles. The highest BCUT2D eigenvalue weighted by Gasteiger charge is 2.44.